The summed E-state index contributed by atoms with van der Waals surface area (Å²) in [5.74, 6) is 0.125. The summed E-state index contributed by atoms with van der Waals surface area (Å²) in [5.41, 5.74) is 5.55. The van der Waals surface area contributed by atoms with E-state index in [0.717, 1.165) is 28.8 Å². The fourth-order valence-electron chi connectivity index (χ4n) is 3.47. The van der Waals surface area contributed by atoms with Crippen molar-refractivity contribution in [2.75, 3.05) is 0 Å². The molecule has 0 radical (unpaired) electrons. The molecule has 31 heavy (non-hydrogen) atoms. The molecule has 4 nitrogen and oxygen atoms in total. The minimum atomic E-state index is -0.0182. The van der Waals surface area contributed by atoms with Gasteiger partial charge in [-0.05, 0) is 40.5 Å². The first-order valence-electron chi connectivity index (χ1n) is 10.3. The molecule has 1 aromatic heterocycles. The first-order chi connectivity index (χ1) is 15.2. The largest absolute Gasteiger partial charge is 0.508 e. The first kappa shape index (κ1) is 20.5. The van der Waals surface area contributed by atoms with Crippen molar-refractivity contribution in [3.05, 3.63) is 120 Å². The molecule has 0 aliphatic carbocycles. The number of hydrogen-bond donors (Lipinski definition) is 2. The molecule has 3 aromatic carbocycles. The first-order valence-corrected chi connectivity index (χ1v) is 10.3. The van der Waals surface area contributed by atoms with E-state index in [1.54, 1.807) is 12.3 Å². The number of nitrogens with one attached hydrogen (secondary N) is 1. The van der Waals surface area contributed by atoms with Crippen molar-refractivity contribution in [3.63, 3.8) is 0 Å². The summed E-state index contributed by atoms with van der Waals surface area (Å²) in [6.07, 6.45) is 3.76. The van der Waals surface area contributed by atoms with Crippen LogP contribution in [0.2, 0.25) is 0 Å². The minimum absolute atomic E-state index is 0.0182. The van der Waals surface area contributed by atoms with E-state index >= 15 is 0 Å². The second kappa shape index (κ2) is 9.83. The summed E-state index contributed by atoms with van der Waals surface area (Å²) in [6, 6.07) is 26.9. The van der Waals surface area contributed by atoms with Gasteiger partial charge < -0.3 is 10.4 Å². The zero-order valence-electron chi connectivity index (χ0n) is 17.2. The van der Waals surface area contributed by atoms with Gasteiger partial charge in [-0.15, -0.1) is 0 Å². The molecule has 4 rings (SSSR count). The molecule has 0 aliphatic heterocycles. The van der Waals surface area contributed by atoms with Gasteiger partial charge in [-0.1, -0.05) is 66.7 Å². The minimum Gasteiger partial charge on any atom is -0.508 e. The van der Waals surface area contributed by atoms with Crippen LogP contribution in [0.25, 0.3) is 11.1 Å². The summed E-state index contributed by atoms with van der Waals surface area (Å²) < 4.78 is 0. The number of rotatable bonds is 8. The number of phenolic OH excluding ortho intramolecular Hbond substituents is 1. The third kappa shape index (κ3) is 5.44. The average molecular weight is 409 g/mol. The number of benzene rings is 3. The molecule has 1 heterocycles. The van der Waals surface area contributed by atoms with E-state index in [-0.39, 0.29) is 18.0 Å². The Hall–Kier alpha value is -3.76. The van der Waals surface area contributed by atoms with Crippen molar-refractivity contribution >= 4 is 5.78 Å². The van der Waals surface area contributed by atoms with Gasteiger partial charge in [0.05, 0.1) is 0 Å². The predicted octanol–water partition coefficient (Wildman–Crippen LogP) is 5.17. The number of pyridine rings is 1. The summed E-state index contributed by atoms with van der Waals surface area (Å²) >= 11 is 0. The van der Waals surface area contributed by atoms with Crippen molar-refractivity contribution in [1.29, 1.82) is 0 Å². The topological polar surface area (TPSA) is 62.2 Å². The number of nitrogens with zero attached hydrogens (tertiary/aromatic N) is 1. The highest BCUT2D eigenvalue weighted by atomic mass is 16.3. The molecule has 0 atom stereocenters. The van der Waals surface area contributed by atoms with Gasteiger partial charge in [0.2, 0.25) is 0 Å². The molecular weight excluding hydrogens is 384 g/mol. The van der Waals surface area contributed by atoms with Crippen molar-refractivity contribution < 1.29 is 9.90 Å². The fourth-order valence-corrected chi connectivity index (χ4v) is 3.47. The Morgan fingerprint density at radius 3 is 2.32 bits per heavy atom. The Labute approximate surface area is 182 Å². The van der Waals surface area contributed by atoms with E-state index < -0.39 is 0 Å². The van der Waals surface area contributed by atoms with E-state index in [9.17, 15) is 9.90 Å². The van der Waals surface area contributed by atoms with Gasteiger partial charge in [0.1, 0.15) is 5.75 Å². The smallest absolute Gasteiger partial charge is 0.167 e. The molecule has 0 aliphatic rings. The maximum Gasteiger partial charge on any atom is 0.167 e. The number of carbonyl (C=O) groups is 1. The van der Waals surface area contributed by atoms with Crippen LogP contribution in [0.4, 0.5) is 0 Å². The van der Waals surface area contributed by atoms with Crippen LogP contribution >= 0.6 is 0 Å². The van der Waals surface area contributed by atoms with Crippen LogP contribution in [0.15, 0.2) is 97.3 Å². The lowest BCUT2D eigenvalue weighted by atomic mass is 9.97. The van der Waals surface area contributed by atoms with Gasteiger partial charge in [-0.3, -0.25) is 9.78 Å². The maximum absolute atomic E-state index is 12.8. The average Bonchev–Trinajstić information content (AvgIpc) is 2.82. The second-order valence-electron chi connectivity index (χ2n) is 7.47. The summed E-state index contributed by atoms with van der Waals surface area (Å²) in [6.45, 7) is 1.45. The predicted molar refractivity (Wildman–Crippen MR) is 123 cm³/mol. The number of phenols is 1. The highest BCUT2D eigenvalue weighted by molar-refractivity contribution is 5.98. The van der Waals surface area contributed by atoms with Crippen LogP contribution in [-0.2, 0) is 19.5 Å². The SMILES string of the molecule is O=C(Cc1cc(-c2ccccc2)ccc1O)c1ccc(CNCc2cccnc2)cc1. The fraction of sp³-hybridized carbons (Fsp3) is 0.111. The molecule has 0 saturated heterocycles. The number of ketones is 1. The summed E-state index contributed by atoms with van der Waals surface area (Å²) in [5, 5.41) is 13.6. The maximum atomic E-state index is 12.8. The Balaban J connectivity index is 1.38. The van der Waals surface area contributed by atoms with Crippen molar-refractivity contribution in [2.45, 2.75) is 19.5 Å². The molecule has 4 aromatic rings. The van der Waals surface area contributed by atoms with Crippen LogP contribution < -0.4 is 5.32 Å². The summed E-state index contributed by atoms with van der Waals surface area (Å²) in [4.78, 5) is 16.9. The Bertz CT molecular complexity index is 1140. The molecule has 4 heteroatoms. The van der Waals surface area contributed by atoms with Crippen LogP contribution in [0.5, 0.6) is 5.75 Å². The normalized spacial score (nSPS) is 10.7. The van der Waals surface area contributed by atoms with Crippen molar-refractivity contribution in [1.82, 2.24) is 10.3 Å². The van der Waals surface area contributed by atoms with Gasteiger partial charge in [0, 0.05) is 43.0 Å². The monoisotopic (exact) mass is 408 g/mol. The number of aromatic hydroxyl groups is 1. The van der Waals surface area contributed by atoms with E-state index in [0.29, 0.717) is 17.7 Å². The molecule has 2 N–H and O–H groups in total. The van der Waals surface area contributed by atoms with E-state index in [1.807, 2.05) is 85.1 Å². The van der Waals surface area contributed by atoms with E-state index in [4.69, 9.17) is 0 Å². The Morgan fingerprint density at radius 1 is 0.806 bits per heavy atom. The highest BCUT2D eigenvalue weighted by Gasteiger charge is 2.12. The van der Waals surface area contributed by atoms with Crippen molar-refractivity contribution in [2.24, 2.45) is 0 Å². The van der Waals surface area contributed by atoms with Gasteiger partial charge in [0.25, 0.3) is 0 Å². The number of aromatic nitrogens is 1. The molecule has 0 amide bonds. The molecule has 0 fully saturated rings. The zero-order chi connectivity index (χ0) is 21.5. The molecule has 0 bridgehead atoms. The zero-order valence-corrected chi connectivity index (χ0v) is 17.2. The molecule has 0 unspecified atom stereocenters. The molecule has 0 saturated carbocycles. The quantitative estimate of drug-likeness (QED) is 0.395. The highest BCUT2D eigenvalue weighted by Crippen LogP contribution is 2.27. The number of hydrogen-bond acceptors (Lipinski definition) is 4. The van der Waals surface area contributed by atoms with E-state index in [1.165, 1.54) is 0 Å². The van der Waals surface area contributed by atoms with E-state index in [2.05, 4.69) is 10.3 Å². The van der Waals surface area contributed by atoms with Crippen LogP contribution in [0.3, 0.4) is 0 Å². The van der Waals surface area contributed by atoms with Gasteiger partial charge in [0.15, 0.2) is 5.78 Å². The third-order valence-corrected chi connectivity index (χ3v) is 5.19. The third-order valence-electron chi connectivity index (χ3n) is 5.19. The van der Waals surface area contributed by atoms with Gasteiger partial charge >= 0.3 is 0 Å². The molecule has 154 valence electrons. The lowest BCUT2D eigenvalue weighted by Crippen LogP contribution is -2.13. The molecular formula is C27H24N2O2. The van der Waals surface area contributed by atoms with Crippen LogP contribution in [0.1, 0.15) is 27.0 Å². The van der Waals surface area contributed by atoms with Crippen LogP contribution in [0, 0.1) is 0 Å². The lowest BCUT2D eigenvalue weighted by molar-refractivity contribution is 0.0992. The number of Topliss-reactive ketones (excluding diaryl/α,β-unsaturated/α-hetero) is 1. The Morgan fingerprint density at radius 2 is 1.58 bits per heavy atom. The molecule has 0 spiro atoms. The summed E-state index contributed by atoms with van der Waals surface area (Å²) in [7, 11) is 0. The standard InChI is InChI=1S/C27H24N2O2/c30-26-13-12-24(22-6-2-1-3-7-22)15-25(26)16-27(31)23-10-8-20(9-11-23)17-29-19-21-5-4-14-28-18-21/h1-15,18,29-30H,16-17,19H2. The van der Waals surface area contributed by atoms with Gasteiger partial charge in [-0.25, -0.2) is 0 Å². The number of carbonyl (C=O) groups excluding carboxylic acids is 1. The van der Waals surface area contributed by atoms with Crippen molar-refractivity contribution in [3.8, 4) is 16.9 Å². The lowest BCUT2D eigenvalue weighted by Gasteiger charge is -2.09. The Kier molecular flexibility index (Phi) is 6.50. The van der Waals surface area contributed by atoms with Gasteiger partial charge in [-0.2, -0.15) is 0 Å². The van der Waals surface area contributed by atoms with Crippen LogP contribution in [-0.4, -0.2) is 15.9 Å². The second-order valence-corrected chi connectivity index (χ2v) is 7.47.